The average molecular weight is 403 g/mol. The predicted octanol–water partition coefficient (Wildman–Crippen LogP) is 3.95. The summed E-state index contributed by atoms with van der Waals surface area (Å²) in [6, 6.07) is 9.13. The van der Waals surface area contributed by atoms with Gasteiger partial charge >= 0.3 is 0 Å². The zero-order valence-electron chi connectivity index (χ0n) is 13.5. The minimum atomic E-state index is -3.70. The van der Waals surface area contributed by atoms with E-state index in [2.05, 4.69) is 4.90 Å². The summed E-state index contributed by atoms with van der Waals surface area (Å²) in [7, 11) is -3.70. The first-order valence-corrected chi connectivity index (χ1v) is 9.95. The summed E-state index contributed by atoms with van der Waals surface area (Å²) < 4.78 is 40.1. The van der Waals surface area contributed by atoms with Crippen LogP contribution < -0.4 is 4.90 Å². The van der Waals surface area contributed by atoms with Gasteiger partial charge in [-0.1, -0.05) is 29.3 Å². The van der Waals surface area contributed by atoms with Gasteiger partial charge in [0, 0.05) is 36.9 Å². The molecule has 0 radical (unpaired) electrons. The highest BCUT2D eigenvalue weighted by atomic mass is 35.5. The smallest absolute Gasteiger partial charge is 0.243 e. The molecule has 25 heavy (non-hydrogen) atoms. The maximum Gasteiger partial charge on any atom is 0.243 e. The summed E-state index contributed by atoms with van der Waals surface area (Å²) in [6.07, 6.45) is 0. The molecule has 2 aromatic rings. The van der Waals surface area contributed by atoms with E-state index in [9.17, 15) is 12.8 Å². The van der Waals surface area contributed by atoms with E-state index in [1.807, 2.05) is 25.1 Å². The van der Waals surface area contributed by atoms with E-state index in [4.69, 9.17) is 23.2 Å². The second kappa shape index (κ2) is 7.11. The molecular weight excluding hydrogens is 386 g/mol. The third kappa shape index (κ3) is 3.77. The summed E-state index contributed by atoms with van der Waals surface area (Å²) in [5.74, 6) is -0.637. The van der Waals surface area contributed by atoms with Crippen LogP contribution in [0.25, 0.3) is 0 Å². The summed E-state index contributed by atoms with van der Waals surface area (Å²) >= 11 is 11.8. The number of nitrogens with zero attached hydrogens (tertiary/aromatic N) is 2. The number of aryl methyl sites for hydroxylation is 1. The first kappa shape index (κ1) is 18.5. The molecule has 0 aliphatic carbocycles. The van der Waals surface area contributed by atoms with E-state index in [1.54, 1.807) is 0 Å². The molecule has 1 fully saturated rings. The number of hydrogen-bond donors (Lipinski definition) is 0. The van der Waals surface area contributed by atoms with E-state index in [-0.39, 0.29) is 9.92 Å². The van der Waals surface area contributed by atoms with Gasteiger partial charge in [0.1, 0.15) is 5.82 Å². The molecule has 0 spiro atoms. The van der Waals surface area contributed by atoms with Crippen molar-refractivity contribution in [2.45, 2.75) is 11.8 Å². The van der Waals surface area contributed by atoms with Crippen LogP contribution in [0.2, 0.25) is 10.0 Å². The standard InChI is InChI=1S/C17H17Cl2FN2O2S/c1-12-2-3-13(18)10-17(12)21-6-8-22(9-7-21)25(23,24)14-4-5-16(20)15(19)11-14/h2-5,10-11H,6-9H2,1H3. The molecule has 2 aromatic carbocycles. The number of anilines is 1. The Morgan fingerprint density at radius 3 is 2.32 bits per heavy atom. The van der Waals surface area contributed by atoms with Crippen LogP contribution in [0, 0.1) is 12.7 Å². The van der Waals surface area contributed by atoms with Gasteiger partial charge < -0.3 is 4.90 Å². The monoisotopic (exact) mass is 402 g/mol. The minimum absolute atomic E-state index is 0.00582. The summed E-state index contributed by atoms with van der Waals surface area (Å²) in [4.78, 5) is 2.12. The third-order valence-corrected chi connectivity index (χ3v) is 6.70. The first-order chi connectivity index (χ1) is 11.8. The van der Waals surface area contributed by atoms with Crippen molar-refractivity contribution in [1.82, 2.24) is 4.31 Å². The van der Waals surface area contributed by atoms with Gasteiger partial charge in [-0.05, 0) is 42.8 Å². The van der Waals surface area contributed by atoms with E-state index >= 15 is 0 Å². The van der Waals surface area contributed by atoms with Crippen LogP contribution in [-0.2, 0) is 10.0 Å². The second-order valence-corrected chi connectivity index (χ2v) is 8.68. The van der Waals surface area contributed by atoms with E-state index < -0.39 is 15.8 Å². The van der Waals surface area contributed by atoms with Crippen molar-refractivity contribution in [3.63, 3.8) is 0 Å². The predicted molar refractivity (Wildman–Crippen MR) is 98.6 cm³/mol. The van der Waals surface area contributed by atoms with Crippen molar-refractivity contribution in [1.29, 1.82) is 0 Å². The SMILES string of the molecule is Cc1ccc(Cl)cc1N1CCN(S(=O)(=O)c2ccc(F)c(Cl)c2)CC1. The Morgan fingerprint density at radius 2 is 1.68 bits per heavy atom. The van der Waals surface area contributed by atoms with Gasteiger partial charge in [-0.3, -0.25) is 0 Å². The van der Waals surface area contributed by atoms with Crippen molar-refractivity contribution in [2.24, 2.45) is 0 Å². The summed E-state index contributed by atoms with van der Waals surface area (Å²) in [5.41, 5.74) is 2.10. The van der Waals surface area contributed by atoms with E-state index in [0.717, 1.165) is 23.4 Å². The van der Waals surface area contributed by atoms with Gasteiger partial charge in [-0.15, -0.1) is 0 Å². The molecule has 1 heterocycles. The fourth-order valence-electron chi connectivity index (χ4n) is 2.88. The number of sulfonamides is 1. The van der Waals surface area contributed by atoms with Crippen LogP contribution in [0.4, 0.5) is 10.1 Å². The molecule has 4 nitrogen and oxygen atoms in total. The van der Waals surface area contributed by atoms with Crippen molar-refractivity contribution < 1.29 is 12.8 Å². The van der Waals surface area contributed by atoms with Gasteiger partial charge in [0.15, 0.2) is 0 Å². The van der Waals surface area contributed by atoms with Gasteiger partial charge in [0.25, 0.3) is 0 Å². The van der Waals surface area contributed by atoms with Crippen molar-refractivity contribution in [3.05, 3.63) is 57.8 Å². The lowest BCUT2D eigenvalue weighted by atomic mass is 10.1. The molecular formula is C17H17Cl2FN2O2S. The van der Waals surface area contributed by atoms with Crippen LogP contribution in [0.3, 0.4) is 0 Å². The molecule has 1 aliphatic rings. The Labute approximate surface area is 156 Å². The Bertz CT molecular complexity index is 898. The van der Waals surface area contributed by atoms with E-state index in [1.165, 1.54) is 10.4 Å². The van der Waals surface area contributed by atoms with Crippen LogP contribution in [0.1, 0.15) is 5.56 Å². The van der Waals surface area contributed by atoms with Gasteiger partial charge in [0.05, 0.1) is 9.92 Å². The zero-order chi connectivity index (χ0) is 18.2. The second-order valence-electron chi connectivity index (χ2n) is 5.90. The quantitative estimate of drug-likeness (QED) is 0.779. The fraction of sp³-hybridized carbons (Fsp3) is 0.294. The molecule has 0 N–H and O–H groups in total. The number of hydrogen-bond acceptors (Lipinski definition) is 3. The highest BCUT2D eigenvalue weighted by Gasteiger charge is 2.29. The molecule has 0 bridgehead atoms. The molecule has 0 saturated carbocycles. The lowest BCUT2D eigenvalue weighted by molar-refractivity contribution is 0.384. The molecule has 0 unspecified atom stereocenters. The van der Waals surface area contributed by atoms with Gasteiger partial charge in [-0.2, -0.15) is 4.31 Å². The highest BCUT2D eigenvalue weighted by molar-refractivity contribution is 7.89. The number of benzene rings is 2. The molecule has 0 aromatic heterocycles. The summed E-state index contributed by atoms with van der Waals surface area (Å²) in [5, 5.41) is 0.450. The Hall–Kier alpha value is -1.34. The molecule has 8 heteroatoms. The van der Waals surface area contributed by atoms with Crippen molar-refractivity contribution >= 4 is 38.9 Å². The normalized spacial score (nSPS) is 16.2. The molecule has 1 saturated heterocycles. The zero-order valence-corrected chi connectivity index (χ0v) is 15.9. The van der Waals surface area contributed by atoms with Crippen LogP contribution >= 0.6 is 23.2 Å². The average Bonchev–Trinajstić information content (AvgIpc) is 2.59. The fourth-order valence-corrected chi connectivity index (χ4v) is 4.74. The minimum Gasteiger partial charge on any atom is -0.369 e. The maximum atomic E-state index is 13.3. The lowest BCUT2D eigenvalue weighted by Crippen LogP contribution is -2.48. The number of halogens is 3. The van der Waals surface area contributed by atoms with E-state index in [0.29, 0.717) is 31.2 Å². The van der Waals surface area contributed by atoms with Crippen LogP contribution in [-0.4, -0.2) is 38.9 Å². The van der Waals surface area contributed by atoms with Crippen molar-refractivity contribution in [2.75, 3.05) is 31.1 Å². The van der Waals surface area contributed by atoms with Crippen LogP contribution in [0.5, 0.6) is 0 Å². The number of piperazine rings is 1. The largest absolute Gasteiger partial charge is 0.369 e. The Balaban J connectivity index is 1.77. The van der Waals surface area contributed by atoms with Crippen LogP contribution in [0.15, 0.2) is 41.3 Å². The summed E-state index contributed by atoms with van der Waals surface area (Å²) in [6.45, 7) is 3.77. The van der Waals surface area contributed by atoms with Gasteiger partial charge in [-0.25, -0.2) is 12.8 Å². The molecule has 0 amide bonds. The molecule has 0 atom stereocenters. The molecule has 134 valence electrons. The first-order valence-electron chi connectivity index (χ1n) is 7.75. The Morgan fingerprint density at radius 1 is 1.00 bits per heavy atom. The molecule has 3 rings (SSSR count). The highest BCUT2D eigenvalue weighted by Crippen LogP contribution is 2.27. The number of rotatable bonds is 3. The lowest BCUT2D eigenvalue weighted by Gasteiger charge is -2.36. The molecule has 1 aliphatic heterocycles. The third-order valence-electron chi connectivity index (χ3n) is 4.28. The van der Waals surface area contributed by atoms with Gasteiger partial charge in [0.2, 0.25) is 10.0 Å². The van der Waals surface area contributed by atoms with Crippen molar-refractivity contribution in [3.8, 4) is 0 Å². The maximum absolute atomic E-state index is 13.3. The topological polar surface area (TPSA) is 40.6 Å². The Kier molecular flexibility index (Phi) is 5.25.